The molecule has 0 fully saturated rings. The predicted molar refractivity (Wildman–Crippen MR) is 107 cm³/mol. The minimum Gasteiger partial charge on any atom is -0.336 e. The molecule has 2 aliphatic rings. The van der Waals surface area contributed by atoms with Crippen LogP contribution in [0.2, 0.25) is 0 Å². The molecule has 4 rings (SSSR count). The maximum Gasteiger partial charge on any atom is 0.256 e. The molecular formula is C20H21FN6O. The zero-order chi connectivity index (χ0) is 20.0. The molecule has 0 aromatic carbocycles. The molecule has 7 nitrogen and oxygen atoms in total. The van der Waals surface area contributed by atoms with Crippen molar-refractivity contribution in [2.75, 3.05) is 31.7 Å². The molecule has 2 N–H and O–H groups in total. The Morgan fingerprint density at radius 1 is 1.25 bits per heavy atom. The van der Waals surface area contributed by atoms with Gasteiger partial charge in [-0.3, -0.25) is 15.6 Å². The van der Waals surface area contributed by atoms with Gasteiger partial charge >= 0.3 is 0 Å². The number of carbonyl (C=O) groups is 1. The summed E-state index contributed by atoms with van der Waals surface area (Å²) in [6.45, 7) is 0.0803. The Kier molecular flexibility index (Phi) is 4.33. The highest BCUT2D eigenvalue weighted by Gasteiger charge is 2.30. The summed E-state index contributed by atoms with van der Waals surface area (Å²) in [5.74, 6) is 0.535. The van der Waals surface area contributed by atoms with Gasteiger partial charge in [0, 0.05) is 50.4 Å². The summed E-state index contributed by atoms with van der Waals surface area (Å²) < 4.78 is 14.7. The first-order valence-corrected chi connectivity index (χ1v) is 9.07. The summed E-state index contributed by atoms with van der Waals surface area (Å²) in [6.07, 6.45) is 5.67. The average molecular weight is 380 g/mol. The van der Waals surface area contributed by atoms with E-state index in [1.54, 1.807) is 23.1 Å². The van der Waals surface area contributed by atoms with Crippen LogP contribution in [0.5, 0.6) is 0 Å². The van der Waals surface area contributed by atoms with Gasteiger partial charge in [-0.1, -0.05) is 0 Å². The first kappa shape index (κ1) is 18.1. The molecule has 3 heterocycles. The van der Waals surface area contributed by atoms with Crippen LogP contribution in [0, 0.1) is 10.8 Å². The Bertz CT molecular complexity index is 1080. The number of halogens is 1. The molecule has 1 amide bonds. The molecule has 2 aromatic rings. The van der Waals surface area contributed by atoms with Crippen molar-refractivity contribution in [1.29, 1.82) is 10.8 Å². The van der Waals surface area contributed by atoms with E-state index in [9.17, 15) is 9.18 Å². The van der Waals surface area contributed by atoms with Crippen molar-refractivity contribution < 1.29 is 9.18 Å². The molecule has 1 aliphatic carbocycles. The van der Waals surface area contributed by atoms with Gasteiger partial charge in [-0.15, -0.1) is 0 Å². The lowest BCUT2D eigenvalue weighted by atomic mass is 10.0. The van der Waals surface area contributed by atoms with Crippen LogP contribution in [0.3, 0.4) is 0 Å². The first-order valence-electron chi connectivity index (χ1n) is 9.07. The van der Waals surface area contributed by atoms with Crippen molar-refractivity contribution in [3.8, 4) is 0 Å². The SMILES string of the molecule is CN(C1=CC(=N)C(=N)C=C1)c1ccc2c3c(n(C)c2n1)CCN(CCF)C3=O. The van der Waals surface area contributed by atoms with Gasteiger partial charge in [-0.2, -0.15) is 0 Å². The number of anilines is 1. The normalized spacial score (nSPS) is 16.6. The number of hydrogen-bond acceptors (Lipinski definition) is 5. The third-order valence-electron chi connectivity index (χ3n) is 5.35. The lowest BCUT2D eigenvalue weighted by Crippen LogP contribution is -2.39. The van der Waals surface area contributed by atoms with Crippen molar-refractivity contribution >= 4 is 34.2 Å². The van der Waals surface area contributed by atoms with E-state index in [2.05, 4.69) is 0 Å². The van der Waals surface area contributed by atoms with Crippen LogP contribution in [-0.2, 0) is 13.5 Å². The van der Waals surface area contributed by atoms with Crippen molar-refractivity contribution in [3.05, 3.63) is 47.3 Å². The minimum atomic E-state index is -0.547. The fourth-order valence-electron chi connectivity index (χ4n) is 3.75. The second-order valence-corrected chi connectivity index (χ2v) is 6.94. The molecule has 2 aromatic heterocycles. The van der Waals surface area contributed by atoms with E-state index in [1.165, 1.54) is 0 Å². The fraction of sp³-hybridized carbons (Fsp3) is 0.300. The van der Waals surface area contributed by atoms with Gasteiger partial charge < -0.3 is 14.4 Å². The Morgan fingerprint density at radius 2 is 2.04 bits per heavy atom. The number of fused-ring (bicyclic) bond motifs is 3. The van der Waals surface area contributed by atoms with Crippen LogP contribution in [0.4, 0.5) is 10.2 Å². The Morgan fingerprint density at radius 3 is 2.75 bits per heavy atom. The van der Waals surface area contributed by atoms with E-state index in [0.717, 1.165) is 16.8 Å². The van der Waals surface area contributed by atoms with Gasteiger partial charge in [0.05, 0.1) is 17.0 Å². The van der Waals surface area contributed by atoms with E-state index < -0.39 is 6.67 Å². The highest BCUT2D eigenvalue weighted by atomic mass is 19.1. The lowest BCUT2D eigenvalue weighted by molar-refractivity contribution is 0.0729. The van der Waals surface area contributed by atoms with E-state index in [4.69, 9.17) is 15.8 Å². The smallest absolute Gasteiger partial charge is 0.256 e. The maximum atomic E-state index is 12.8. The monoisotopic (exact) mass is 380 g/mol. The topological polar surface area (TPSA) is 89.1 Å². The molecule has 28 heavy (non-hydrogen) atoms. The van der Waals surface area contributed by atoms with Crippen molar-refractivity contribution in [2.24, 2.45) is 7.05 Å². The van der Waals surface area contributed by atoms with Gasteiger partial charge in [0.2, 0.25) is 0 Å². The molecule has 0 saturated heterocycles. The zero-order valence-electron chi connectivity index (χ0n) is 15.8. The summed E-state index contributed by atoms with van der Waals surface area (Å²) in [7, 11) is 3.75. The summed E-state index contributed by atoms with van der Waals surface area (Å²) in [5, 5.41) is 16.3. The molecule has 144 valence electrons. The molecule has 0 radical (unpaired) electrons. The van der Waals surface area contributed by atoms with Gasteiger partial charge in [0.15, 0.2) is 0 Å². The van der Waals surface area contributed by atoms with Crippen LogP contribution in [0.25, 0.3) is 11.0 Å². The zero-order valence-corrected chi connectivity index (χ0v) is 15.8. The Labute approximate surface area is 161 Å². The predicted octanol–water partition coefficient (Wildman–Crippen LogP) is 2.47. The highest BCUT2D eigenvalue weighted by molar-refractivity contribution is 6.49. The summed E-state index contributed by atoms with van der Waals surface area (Å²) >= 11 is 0. The van der Waals surface area contributed by atoms with Gasteiger partial charge in [0.1, 0.15) is 18.1 Å². The molecular weight excluding hydrogens is 359 g/mol. The largest absolute Gasteiger partial charge is 0.336 e. The number of nitrogens with one attached hydrogen (secondary N) is 2. The molecule has 8 heteroatoms. The molecule has 0 unspecified atom stereocenters. The third-order valence-corrected chi connectivity index (χ3v) is 5.35. The van der Waals surface area contributed by atoms with E-state index >= 15 is 0 Å². The number of aryl methyl sites for hydroxylation is 1. The van der Waals surface area contributed by atoms with Crippen LogP contribution in [0.15, 0.2) is 36.1 Å². The van der Waals surface area contributed by atoms with E-state index in [0.29, 0.717) is 30.0 Å². The molecule has 0 spiro atoms. The first-order chi connectivity index (χ1) is 13.4. The summed E-state index contributed by atoms with van der Waals surface area (Å²) in [4.78, 5) is 21.0. The number of alkyl halides is 1. The Hall–Kier alpha value is -3.29. The van der Waals surface area contributed by atoms with Crippen LogP contribution >= 0.6 is 0 Å². The highest BCUT2D eigenvalue weighted by Crippen LogP contribution is 2.31. The number of amides is 1. The summed E-state index contributed by atoms with van der Waals surface area (Å²) in [6, 6.07) is 3.71. The number of likely N-dealkylation sites (N-methyl/N-ethyl adjacent to an activating group) is 1. The fourth-order valence-corrected chi connectivity index (χ4v) is 3.75. The third kappa shape index (κ3) is 2.72. The summed E-state index contributed by atoms with van der Waals surface area (Å²) in [5.41, 5.74) is 3.33. The molecule has 0 bridgehead atoms. The van der Waals surface area contributed by atoms with Gasteiger partial charge in [-0.25, -0.2) is 9.37 Å². The van der Waals surface area contributed by atoms with Gasteiger partial charge in [0.25, 0.3) is 5.91 Å². The number of pyridine rings is 1. The number of aromatic nitrogens is 2. The van der Waals surface area contributed by atoms with Crippen LogP contribution < -0.4 is 4.90 Å². The number of hydrogen-bond donors (Lipinski definition) is 2. The van der Waals surface area contributed by atoms with Crippen LogP contribution in [0.1, 0.15) is 16.1 Å². The standard InChI is InChI=1S/C20H21FN6O/c1-25(12-3-5-14(22)15(23)11-12)17-6-4-13-18-16(26(2)19(13)24-17)7-9-27(10-8-21)20(18)28/h3-6,11,22-23H,7-10H2,1-2H3. The number of carbonyl (C=O) groups excluding carboxylic acids is 1. The molecule has 1 aliphatic heterocycles. The second-order valence-electron chi connectivity index (χ2n) is 6.94. The van der Waals surface area contributed by atoms with E-state index in [1.807, 2.05) is 35.7 Å². The molecule has 0 atom stereocenters. The second kappa shape index (κ2) is 6.70. The minimum absolute atomic E-state index is 0.115. The van der Waals surface area contributed by atoms with Crippen LogP contribution in [-0.4, -0.2) is 58.6 Å². The van der Waals surface area contributed by atoms with Crippen molar-refractivity contribution in [1.82, 2.24) is 14.5 Å². The van der Waals surface area contributed by atoms with Crippen molar-refractivity contribution in [2.45, 2.75) is 6.42 Å². The number of rotatable bonds is 4. The average Bonchev–Trinajstić information content (AvgIpc) is 2.98. The quantitative estimate of drug-likeness (QED) is 0.799. The van der Waals surface area contributed by atoms with E-state index in [-0.39, 0.29) is 23.9 Å². The lowest BCUT2D eigenvalue weighted by Gasteiger charge is -2.26. The maximum absolute atomic E-state index is 12.8. The number of nitrogens with zero attached hydrogens (tertiary/aromatic N) is 4. The molecule has 0 saturated carbocycles. The van der Waals surface area contributed by atoms with Gasteiger partial charge in [-0.05, 0) is 30.4 Å². The Balaban J connectivity index is 1.75. The van der Waals surface area contributed by atoms with Crippen molar-refractivity contribution in [3.63, 3.8) is 0 Å². The number of allylic oxidation sites excluding steroid dienone is 3.